The second-order valence-electron chi connectivity index (χ2n) is 6.98. The summed E-state index contributed by atoms with van der Waals surface area (Å²) in [5.74, 6) is 0.588. The molecule has 2 aromatic rings. The number of hydrogen-bond acceptors (Lipinski definition) is 4. The van der Waals surface area contributed by atoms with Crippen molar-refractivity contribution >= 4 is 5.91 Å². The summed E-state index contributed by atoms with van der Waals surface area (Å²) < 4.78 is 11.3. The summed E-state index contributed by atoms with van der Waals surface area (Å²) in [6.45, 7) is 3.18. The summed E-state index contributed by atoms with van der Waals surface area (Å²) in [6, 6.07) is 16.1. The number of aliphatic hydroxyl groups excluding tert-OH is 1. The maximum Gasteiger partial charge on any atom is 0.253 e. The van der Waals surface area contributed by atoms with E-state index in [1.165, 1.54) is 0 Å². The number of aliphatic hydroxyl groups is 1. The highest BCUT2D eigenvalue weighted by molar-refractivity contribution is 5.94. The number of hydrogen-bond donors (Lipinski definition) is 1. The van der Waals surface area contributed by atoms with E-state index in [1.807, 2.05) is 37.3 Å². The number of amides is 1. The number of carbonyl (C=O) groups is 1. The summed E-state index contributed by atoms with van der Waals surface area (Å²) in [4.78, 5) is 14.3. The van der Waals surface area contributed by atoms with Crippen LogP contribution in [0.1, 0.15) is 41.8 Å². The predicted octanol–water partition coefficient (Wildman–Crippen LogP) is 3.44. The first-order valence-corrected chi connectivity index (χ1v) is 9.41. The first kappa shape index (κ1) is 19.4. The van der Waals surface area contributed by atoms with E-state index in [-0.39, 0.29) is 18.1 Å². The lowest BCUT2D eigenvalue weighted by atomic mass is 10.0. The van der Waals surface area contributed by atoms with Crippen molar-refractivity contribution in [2.75, 3.05) is 20.3 Å². The molecule has 3 atom stereocenters. The summed E-state index contributed by atoms with van der Waals surface area (Å²) in [5.41, 5.74) is 1.36. The van der Waals surface area contributed by atoms with Crippen molar-refractivity contribution < 1.29 is 19.4 Å². The van der Waals surface area contributed by atoms with Gasteiger partial charge in [0.05, 0.1) is 18.2 Å². The molecule has 27 heavy (non-hydrogen) atoms. The third-order valence-electron chi connectivity index (χ3n) is 5.09. The lowest BCUT2D eigenvalue weighted by molar-refractivity contribution is 0.0486. The van der Waals surface area contributed by atoms with Gasteiger partial charge in [0.2, 0.25) is 0 Å². The standard InChI is InChI=1S/C22H27NO4/c1-16(21(24)17-7-4-3-5-8-17)23(2)22(25)18-10-12-19(13-11-18)27-15-20-9-6-14-26-20/h3-5,7-8,10-13,16,20-21,24H,6,9,14-15H2,1-2H3. The Morgan fingerprint density at radius 3 is 2.56 bits per heavy atom. The molecule has 0 saturated carbocycles. The van der Waals surface area contributed by atoms with Gasteiger partial charge >= 0.3 is 0 Å². The van der Waals surface area contributed by atoms with Crippen molar-refractivity contribution in [2.45, 2.75) is 38.0 Å². The van der Waals surface area contributed by atoms with E-state index in [0.717, 1.165) is 30.8 Å². The van der Waals surface area contributed by atoms with Crippen molar-refractivity contribution in [1.82, 2.24) is 4.90 Å². The fourth-order valence-corrected chi connectivity index (χ4v) is 3.19. The van der Waals surface area contributed by atoms with Gasteiger partial charge in [-0.1, -0.05) is 30.3 Å². The Labute approximate surface area is 160 Å². The van der Waals surface area contributed by atoms with Crippen LogP contribution in [0, 0.1) is 0 Å². The second-order valence-corrected chi connectivity index (χ2v) is 6.98. The average Bonchev–Trinajstić information content (AvgIpc) is 3.25. The van der Waals surface area contributed by atoms with Crippen LogP contribution in [0.25, 0.3) is 0 Å². The van der Waals surface area contributed by atoms with Gasteiger partial charge in [0.25, 0.3) is 5.91 Å². The van der Waals surface area contributed by atoms with Gasteiger partial charge in [0.15, 0.2) is 0 Å². The molecule has 1 heterocycles. The first-order chi connectivity index (χ1) is 13.1. The number of nitrogens with zero attached hydrogens (tertiary/aromatic N) is 1. The van der Waals surface area contributed by atoms with Crippen molar-refractivity contribution in [1.29, 1.82) is 0 Å². The van der Waals surface area contributed by atoms with E-state index in [1.54, 1.807) is 36.2 Å². The zero-order valence-corrected chi connectivity index (χ0v) is 15.9. The lowest BCUT2D eigenvalue weighted by Crippen LogP contribution is -2.39. The predicted molar refractivity (Wildman–Crippen MR) is 104 cm³/mol. The molecule has 0 aliphatic carbocycles. The molecule has 5 heteroatoms. The van der Waals surface area contributed by atoms with Gasteiger partial charge in [0.1, 0.15) is 12.4 Å². The summed E-state index contributed by atoms with van der Waals surface area (Å²) in [5, 5.41) is 10.5. The van der Waals surface area contributed by atoms with Crippen molar-refractivity contribution in [3.05, 3.63) is 65.7 Å². The molecule has 1 fully saturated rings. The molecule has 3 unspecified atom stereocenters. The minimum Gasteiger partial charge on any atom is -0.491 e. The Kier molecular flexibility index (Phi) is 6.48. The summed E-state index contributed by atoms with van der Waals surface area (Å²) in [7, 11) is 1.71. The number of likely N-dealkylation sites (N-methyl/N-ethyl adjacent to an activating group) is 1. The molecule has 1 amide bonds. The van der Waals surface area contributed by atoms with Gasteiger partial charge in [-0.3, -0.25) is 4.79 Å². The van der Waals surface area contributed by atoms with E-state index < -0.39 is 6.10 Å². The van der Waals surface area contributed by atoms with E-state index >= 15 is 0 Å². The summed E-state index contributed by atoms with van der Waals surface area (Å²) in [6.07, 6.45) is 1.54. The molecule has 1 saturated heterocycles. The minimum atomic E-state index is -0.742. The van der Waals surface area contributed by atoms with E-state index in [4.69, 9.17) is 9.47 Å². The average molecular weight is 369 g/mol. The van der Waals surface area contributed by atoms with Gasteiger partial charge < -0.3 is 19.5 Å². The maximum atomic E-state index is 12.8. The Hall–Kier alpha value is -2.37. The third-order valence-corrected chi connectivity index (χ3v) is 5.09. The normalized spacial score (nSPS) is 18.7. The number of carbonyl (C=O) groups excluding carboxylic acids is 1. The fraction of sp³-hybridized carbons (Fsp3) is 0.409. The SMILES string of the molecule is CC(C(O)c1ccccc1)N(C)C(=O)c1ccc(OCC2CCCO2)cc1. The van der Waals surface area contributed by atoms with Crippen molar-refractivity contribution in [3.8, 4) is 5.75 Å². The van der Waals surface area contributed by atoms with E-state index in [2.05, 4.69) is 0 Å². The van der Waals surface area contributed by atoms with Gasteiger partial charge in [-0.2, -0.15) is 0 Å². The van der Waals surface area contributed by atoms with Crippen LogP contribution in [0.2, 0.25) is 0 Å². The third kappa shape index (κ3) is 4.87. The minimum absolute atomic E-state index is 0.136. The zero-order chi connectivity index (χ0) is 19.2. The lowest BCUT2D eigenvalue weighted by Gasteiger charge is -2.29. The Bertz CT molecular complexity index is 726. The first-order valence-electron chi connectivity index (χ1n) is 9.41. The van der Waals surface area contributed by atoms with Crippen LogP contribution in [-0.2, 0) is 4.74 Å². The highest BCUT2D eigenvalue weighted by atomic mass is 16.5. The van der Waals surface area contributed by atoms with Crippen LogP contribution in [0.3, 0.4) is 0 Å². The number of benzene rings is 2. The molecular formula is C22H27NO4. The monoisotopic (exact) mass is 369 g/mol. The van der Waals surface area contributed by atoms with Crippen molar-refractivity contribution in [3.63, 3.8) is 0 Å². The molecule has 1 aliphatic heterocycles. The van der Waals surface area contributed by atoms with Gasteiger partial charge in [-0.15, -0.1) is 0 Å². The molecule has 144 valence electrons. The van der Waals surface area contributed by atoms with Crippen LogP contribution in [-0.4, -0.2) is 48.3 Å². The second kappa shape index (κ2) is 9.02. The van der Waals surface area contributed by atoms with Gasteiger partial charge in [-0.05, 0) is 49.6 Å². The Morgan fingerprint density at radius 2 is 1.93 bits per heavy atom. The molecule has 1 aliphatic rings. The van der Waals surface area contributed by atoms with Crippen LogP contribution >= 0.6 is 0 Å². The topological polar surface area (TPSA) is 59.0 Å². The molecule has 1 N–H and O–H groups in total. The molecular weight excluding hydrogens is 342 g/mol. The van der Waals surface area contributed by atoms with Gasteiger partial charge in [-0.25, -0.2) is 0 Å². The van der Waals surface area contributed by atoms with Crippen LogP contribution in [0.5, 0.6) is 5.75 Å². The highest BCUT2D eigenvalue weighted by Gasteiger charge is 2.25. The molecule has 0 bridgehead atoms. The highest BCUT2D eigenvalue weighted by Crippen LogP contribution is 2.22. The molecule has 5 nitrogen and oxygen atoms in total. The fourth-order valence-electron chi connectivity index (χ4n) is 3.19. The van der Waals surface area contributed by atoms with Crippen LogP contribution in [0.15, 0.2) is 54.6 Å². The number of ether oxygens (including phenoxy) is 2. The number of rotatable bonds is 7. The van der Waals surface area contributed by atoms with E-state index in [0.29, 0.717) is 12.2 Å². The molecule has 0 radical (unpaired) electrons. The quantitative estimate of drug-likeness (QED) is 0.812. The van der Waals surface area contributed by atoms with E-state index in [9.17, 15) is 9.90 Å². The van der Waals surface area contributed by atoms with Crippen LogP contribution in [0.4, 0.5) is 0 Å². The smallest absolute Gasteiger partial charge is 0.253 e. The molecule has 0 spiro atoms. The zero-order valence-electron chi connectivity index (χ0n) is 15.9. The Morgan fingerprint density at radius 1 is 1.22 bits per heavy atom. The molecule has 3 rings (SSSR count). The Balaban J connectivity index is 1.58. The largest absolute Gasteiger partial charge is 0.491 e. The van der Waals surface area contributed by atoms with Crippen molar-refractivity contribution in [2.24, 2.45) is 0 Å². The van der Waals surface area contributed by atoms with Crippen LogP contribution < -0.4 is 4.74 Å². The van der Waals surface area contributed by atoms with Gasteiger partial charge in [0, 0.05) is 19.2 Å². The summed E-state index contributed by atoms with van der Waals surface area (Å²) >= 11 is 0. The maximum absolute atomic E-state index is 12.8. The molecule has 0 aromatic heterocycles. The molecule has 2 aromatic carbocycles.